The smallest absolute Gasteiger partial charge is 0.268 e. The zero-order chi connectivity index (χ0) is 21.2. The van der Waals surface area contributed by atoms with Crippen LogP contribution in [0, 0.1) is 5.82 Å². The normalized spacial score (nSPS) is 11.8. The van der Waals surface area contributed by atoms with Gasteiger partial charge in [0, 0.05) is 18.3 Å². The summed E-state index contributed by atoms with van der Waals surface area (Å²) < 4.78 is 66.5. The van der Waals surface area contributed by atoms with Crippen LogP contribution < -0.4 is 5.32 Å². The molecule has 0 amide bonds. The van der Waals surface area contributed by atoms with E-state index in [-0.39, 0.29) is 39.2 Å². The van der Waals surface area contributed by atoms with Gasteiger partial charge in [0.2, 0.25) is 0 Å². The molecule has 0 aliphatic carbocycles. The molecule has 0 aliphatic heterocycles. The van der Waals surface area contributed by atoms with Crippen LogP contribution >= 0.6 is 12.4 Å². The van der Waals surface area contributed by atoms with Gasteiger partial charge in [-0.3, -0.25) is 0 Å². The maximum absolute atomic E-state index is 14.4. The van der Waals surface area contributed by atoms with E-state index in [1.54, 1.807) is 19.2 Å². The average molecular weight is 473 g/mol. The molecule has 0 fully saturated rings. The fourth-order valence-corrected chi connectivity index (χ4v) is 5.41. The predicted octanol–water partition coefficient (Wildman–Crippen LogP) is 3.47. The van der Waals surface area contributed by atoms with Gasteiger partial charge in [0.15, 0.2) is 9.84 Å². The second-order valence-electron chi connectivity index (χ2n) is 6.42. The molecule has 0 bridgehead atoms. The summed E-state index contributed by atoms with van der Waals surface area (Å²) in [5.41, 5.74) is 0.944. The summed E-state index contributed by atoms with van der Waals surface area (Å²) in [5, 5.41) is 2.94. The van der Waals surface area contributed by atoms with Crippen molar-refractivity contribution in [2.24, 2.45) is 0 Å². The number of hydrogen-bond acceptors (Lipinski definition) is 5. The van der Waals surface area contributed by atoms with Gasteiger partial charge in [-0.05, 0) is 49.0 Å². The molecule has 3 rings (SSSR count). The maximum Gasteiger partial charge on any atom is 0.268 e. The minimum atomic E-state index is -4.17. The number of sulfone groups is 1. The minimum Gasteiger partial charge on any atom is -0.316 e. The Labute approximate surface area is 182 Å². The van der Waals surface area contributed by atoms with Gasteiger partial charge in [-0.2, -0.15) is 0 Å². The topological polar surface area (TPSA) is 85.2 Å². The lowest BCUT2D eigenvalue weighted by atomic mass is 10.1. The summed E-state index contributed by atoms with van der Waals surface area (Å²) in [6.07, 6.45) is 1.41. The largest absolute Gasteiger partial charge is 0.316 e. The Balaban J connectivity index is 0.00000320. The predicted molar refractivity (Wildman–Crippen MR) is 117 cm³/mol. The third-order valence-corrected chi connectivity index (χ3v) is 7.88. The monoisotopic (exact) mass is 472 g/mol. The standard InChI is InChI=1S/C20H21FN2O4S2.ClH/c1-3-28(24,25)16-7-6-8-17(12-16)29(26,27)23-14-15(13-22-2)11-20(23)18-9-4-5-10-19(18)21;/h4-12,14,22H,3,13H2,1-2H3;1H. The van der Waals surface area contributed by atoms with Gasteiger partial charge in [-0.1, -0.05) is 25.1 Å². The Morgan fingerprint density at radius 3 is 2.27 bits per heavy atom. The number of benzene rings is 2. The number of halogens is 2. The van der Waals surface area contributed by atoms with Crippen molar-refractivity contribution in [3.8, 4) is 11.3 Å². The molecule has 0 radical (unpaired) electrons. The second kappa shape index (κ2) is 9.30. The highest BCUT2D eigenvalue weighted by Gasteiger charge is 2.24. The summed E-state index contributed by atoms with van der Waals surface area (Å²) in [7, 11) is -6.03. The summed E-state index contributed by atoms with van der Waals surface area (Å²) >= 11 is 0. The van der Waals surface area contributed by atoms with Crippen molar-refractivity contribution >= 4 is 32.3 Å². The van der Waals surface area contributed by atoms with E-state index in [1.165, 1.54) is 49.5 Å². The summed E-state index contributed by atoms with van der Waals surface area (Å²) in [6.45, 7) is 1.87. The Hall–Kier alpha value is -2.20. The molecule has 6 nitrogen and oxygen atoms in total. The van der Waals surface area contributed by atoms with Gasteiger partial charge in [-0.25, -0.2) is 25.2 Å². The Bertz CT molecular complexity index is 1260. The molecular weight excluding hydrogens is 451 g/mol. The van der Waals surface area contributed by atoms with Gasteiger partial charge in [-0.15, -0.1) is 12.4 Å². The van der Waals surface area contributed by atoms with E-state index in [0.717, 1.165) is 10.0 Å². The van der Waals surface area contributed by atoms with E-state index >= 15 is 0 Å². The first kappa shape index (κ1) is 24.1. The van der Waals surface area contributed by atoms with Crippen LogP contribution in [0.1, 0.15) is 12.5 Å². The Morgan fingerprint density at radius 2 is 1.63 bits per heavy atom. The molecule has 3 aromatic rings. The Kier molecular flexibility index (Phi) is 7.46. The van der Waals surface area contributed by atoms with Crippen molar-refractivity contribution in [3.05, 3.63) is 72.2 Å². The fourth-order valence-electron chi connectivity index (χ4n) is 2.97. The molecule has 1 heterocycles. The molecule has 2 aromatic carbocycles. The van der Waals surface area contributed by atoms with Crippen LogP contribution in [0.15, 0.2) is 70.6 Å². The lowest BCUT2D eigenvalue weighted by Crippen LogP contribution is -2.15. The molecule has 0 saturated carbocycles. The van der Waals surface area contributed by atoms with Crippen molar-refractivity contribution in [3.63, 3.8) is 0 Å². The third-order valence-electron chi connectivity index (χ3n) is 4.47. The number of nitrogens with zero attached hydrogens (tertiary/aromatic N) is 1. The van der Waals surface area contributed by atoms with E-state index < -0.39 is 25.7 Å². The summed E-state index contributed by atoms with van der Waals surface area (Å²) in [6, 6.07) is 12.7. The van der Waals surface area contributed by atoms with Crippen molar-refractivity contribution in [1.29, 1.82) is 0 Å². The average Bonchev–Trinajstić information content (AvgIpc) is 3.13. The SMILES string of the molecule is CCS(=O)(=O)c1cccc(S(=O)(=O)n2cc(CNC)cc2-c2ccccc2F)c1.Cl. The summed E-state index contributed by atoms with van der Waals surface area (Å²) in [5.74, 6) is -0.701. The molecule has 0 aliphatic rings. The molecule has 1 N–H and O–H groups in total. The third kappa shape index (κ3) is 4.59. The van der Waals surface area contributed by atoms with Crippen molar-refractivity contribution in [1.82, 2.24) is 9.29 Å². The minimum absolute atomic E-state index is 0. The summed E-state index contributed by atoms with van der Waals surface area (Å²) in [4.78, 5) is -0.257. The molecule has 1 aromatic heterocycles. The molecule has 162 valence electrons. The number of aromatic nitrogens is 1. The van der Waals surface area contributed by atoms with Gasteiger partial charge >= 0.3 is 0 Å². The first-order chi connectivity index (χ1) is 13.7. The molecular formula is C20H22ClFN2O4S2. The van der Waals surface area contributed by atoms with E-state index in [1.807, 2.05) is 0 Å². The van der Waals surface area contributed by atoms with Gasteiger partial charge in [0.1, 0.15) is 5.82 Å². The second-order valence-corrected chi connectivity index (χ2v) is 10.5. The van der Waals surface area contributed by atoms with Crippen molar-refractivity contribution in [2.45, 2.75) is 23.3 Å². The lowest BCUT2D eigenvalue weighted by molar-refractivity contribution is 0.587. The fraction of sp³-hybridized carbons (Fsp3) is 0.200. The molecule has 30 heavy (non-hydrogen) atoms. The van der Waals surface area contributed by atoms with Crippen molar-refractivity contribution < 1.29 is 21.2 Å². The van der Waals surface area contributed by atoms with E-state index in [2.05, 4.69) is 5.32 Å². The molecule has 0 atom stereocenters. The van der Waals surface area contributed by atoms with Crippen LogP contribution in [0.4, 0.5) is 4.39 Å². The van der Waals surface area contributed by atoms with Gasteiger partial charge in [0.05, 0.1) is 21.2 Å². The van der Waals surface area contributed by atoms with Gasteiger partial charge < -0.3 is 5.32 Å². The van der Waals surface area contributed by atoms with Crippen LogP contribution in [-0.4, -0.2) is 33.6 Å². The van der Waals surface area contributed by atoms with E-state index in [0.29, 0.717) is 12.1 Å². The zero-order valence-corrected chi connectivity index (χ0v) is 18.8. The number of hydrogen-bond donors (Lipinski definition) is 1. The van der Waals surface area contributed by atoms with Gasteiger partial charge in [0.25, 0.3) is 10.0 Å². The van der Waals surface area contributed by atoms with Crippen LogP contribution in [0.3, 0.4) is 0 Å². The van der Waals surface area contributed by atoms with Crippen molar-refractivity contribution in [2.75, 3.05) is 12.8 Å². The van der Waals surface area contributed by atoms with Crippen LogP contribution in [0.25, 0.3) is 11.3 Å². The number of rotatable bonds is 7. The lowest BCUT2D eigenvalue weighted by Gasteiger charge is -2.12. The highest BCUT2D eigenvalue weighted by molar-refractivity contribution is 7.91. The van der Waals surface area contributed by atoms with Crippen LogP contribution in [0.5, 0.6) is 0 Å². The molecule has 0 unspecified atom stereocenters. The highest BCUT2D eigenvalue weighted by atomic mass is 35.5. The maximum atomic E-state index is 14.4. The van der Waals surface area contributed by atoms with Crippen LogP contribution in [-0.2, 0) is 26.4 Å². The molecule has 0 saturated heterocycles. The zero-order valence-electron chi connectivity index (χ0n) is 16.4. The number of nitrogens with one attached hydrogen (secondary N) is 1. The first-order valence-corrected chi connectivity index (χ1v) is 12.0. The van der Waals surface area contributed by atoms with E-state index in [4.69, 9.17) is 0 Å². The van der Waals surface area contributed by atoms with E-state index in [9.17, 15) is 21.2 Å². The Morgan fingerprint density at radius 1 is 0.967 bits per heavy atom. The highest BCUT2D eigenvalue weighted by Crippen LogP contribution is 2.29. The quantitative estimate of drug-likeness (QED) is 0.569. The first-order valence-electron chi connectivity index (χ1n) is 8.90. The van der Waals surface area contributed by atoms with Crippen LogP contribution in [0.2, 0.25) is 0 Å². The molecule has 0 spiro atoms. The molecule has 10 heteroatoms.